The van der Waals surface area contributed by atoms with E-state index in [9.17, 15) is 9.59 Å². The molecule has 22 heavy (non-hydrogen) atoms. The first kappa shape index (κ1) is 17.8. The van der Waals surface area contributed by atoms with Crippen LogP contribution in [0.1, 0.15) is 18.9 Å². The number of hydrogen-bond donors (Lipinski definition) is 0. The zero-order chi connectivity index (χ0) is 16.4. The maximum absolute atomic E-state index is 12.2. The van der Waals surface area contributed by atoms with Gasteiger partial charge in [-0.3, -0.25) is 9.59 Å². The molecule has 0 aromatic heterocycles. The third-order valence-corrected chi connectivity index (χ3v) is 3.18. The average Bonchev–Trinajstić information content (AvgIpc) is 2.56. The van der Waals surface area contributed by atoms with Crippen LogP contribution < -0.4 is 4.74 Å². The Morgan fingerprint density at radius 3 is 2.77 bits per heavy atom. The summed E-state index contributed by atoms with van der Waals surface area (Å²) in [4.78, 5) is 24.9. The van der Waals surface area contributed by atoms with E-state index in [-0.39, 0.29) is 31.4 Å². The summed E-state index contributed by atoms with van der Waals surface area (Å²) in [5.41, 5.74) is 1.15. The van der Waals surface area contributed by atoms with Crippen LogP contribution in [0.2, 0.25) is 0 Å². The number of aryl methyl sites for hydroxylation is 1. The van der Waals surface area contributed by atoms with Crippen molar-refractivity contribution in [2.45, 2.75) is 19.8 Å². The number of esters is 1. The number of nitrogens with zero attached hydrogens (tertiary/aromatic N) is 1. The second-order valence-electron chi connectivity index (χ2n) is 4.74. The van der Waals surface area contributed by atoms with Crippen molar-refractivity contribution in [1.82, 2.24) is 4.90 Å². The Morgan fingerprint density at radius 2 is 2.14 bits per heavy atom. The van der Waals surface area contributed by atoms with E-state index in [2.05, 4.69) is 18.2 Å². The van der Waals surface area contributed by atoms with Gasteiger partial charge in [-0.2, -0.15) is 0 Å². The lowest BCUT2D eigenvalue weighted by Crippen LogP contribution is -2.36. The second-order valence-corrected chi connectivity index (χ2v) is 4.74. The monoisotopic (exact) mass is 305 g/mol. The zero-order valence-corrected chi connectivity index (χ0v) is 13.2. The van der Waals surface area contributed by atoms with Gasteiger partial charge < -0.3 is 14.4 Å². The molecule has 120 valence electrons. The Balaban J connectivity index is 2.54. The number of rotatable bonds is 9. The van der Waals surface area contributed by atoms with Gasteiger partial charge in [0.2, 0.25) is 0 Å². The summed E-state index contributed by atoms with van der Waals surface area (Å²) in [7, 11) is 1.33. The van der Waals surface area contributed by atoms with Crippen LogP contribution in [0.25, 0.3) is 0 Å². The van der Waals surface area contributed by atoms with Crippen LogP contribution in [0.4, 0.5) is 0 Å². The predicted molar refractivity (Wildman–Crippen MR) is 84.7 cm³/mol. The van der Waals surface area contributed by atoms with Gasteiger partial charge in [0.1, 0.15) is 5.75 Å². The Kier molecular flexibility index (Phi) is 7.75. The molecule has 0 bridgehead atoms. The topological polar surface area (TPSA) is 55.8 Å². The summed E-state index contributed by atoms with van der Waals surface area (Å²) < 4.78 is 10.1. The maximum Gasteiger partial charge on any atom is 0.307 e. The summed E-state index contributed by atoms with van der Waals surface area (Å²) in [5, 5.41) is 0. The lowest BCUT2D eigenvalue weighted by Gasteiger charge is -2.20. The average molecular weight is 305 g/mol. The highest BCUT2D eigenvalue weighted by atomic mass is 16.5. The highest BCUT2D eigenvalue weighted by molar-refractivity contribution is 5.78. The van der Waals surface area contributed by atoms with Gasteiger partial charge in [0.15, 0.2) is 6.61 Å². The van der Waals surface area contributed by atoms with Crippen molar-refractivity contribution in [3.63, 3.8) is 0 Å². The molecule has 0 spiro atoms. The zero-order valence-electron chi connectivity index (χ0n) is 13.2. The fourth-order valence-electron chi connectivity index (χ4n) is 1.89. The highest BCUT2D eigenvalue weighted by Crippen LogP contribution is 2.13. The Labute approximate surface area is 131 Å². The molecule has 1 amide bonds. The summed E-state index contributed by atoms with van der Waals surface area (Å²) in [5.74, 6) is 0.128. The lowest BCUT2D eigenvalue weighted by molar-refractivity contribution is -0.142. The van der Waals surface area contributed by atoms with Crippen molar-refractivity contribution in [1.29, 1.82) is 0 Å². The summed E-state index contributed by atoms with van der Waals surface area (Å²) in [6.07, 6.45) is 2.68. The molecular weight excluding hydrogens is 282 g/mol. The van der Waals surface area contributed by atoms with Gasteiger partial charge >= 0.3 is 5.97 Å². The molecule has 0 aliphatic heterocycles. The SMILES string of the molecule is C=CCN(CCC(=O)OC)C(=O)COc1cccc(CC)c1. The standard InChI is InChI=1S/C17H23NO4/c1-4-10-18(11-9-17(20)21-3)16(19)13-22-15-8-6-7-14(5-2)12-15/h4,6-8,12H,1,5,9-11,13H2,2-3H3. The first-order valence-corrected chi connectivity index (χ1v) is 7.28. The molecule has 1 aromatic carbocycles. The predicted octanol–water partition coefficient (Wildman–Crippen LogP) is 2.21. The number of benzene rings is 1. The van der Waals surface area contributed by atoms with Crippen LogP contribution >= 0.6 is 0 Å². The minimum Gasteiger partial charge on any atom is -0.484 e. The number of carbonyl (C=O) groups excluding carboxylic acids is 2. The lowest BCUT2D eigenvalue weighted by atomic mass is 10.2. The fourth-order valence-corrected chi connectivity index (χ4v) is 1.89. The van der Waals surface area contributed by atoms with Crippen molar-refractivity contribution >= 4 is 11.9 Å². The third kappa shape index (κ3) is 5.99. The van der Waals surface area contributed by atoms with Gasteiger partial charge in [-0.25, -0.2) is 0 Å². The van der Waals surface area contributed by atoms with Crippen molar-refractivity contribution in [3.8, 4) is 5.75 Å². The molecule has 0 radical (unpaired) electrons. The molecule has 0 saturated heterocycles. The Morgan fingerprint density at radius 1 is 1.36 bits per heavy atom. The van der Waals surface area contributed by atoms with Crippen molar-refractivity contribution in [2.24, 2.45) is 0 Å². The van der Waals surface area contributed by atoms with E-state index < -0.39 is 0 Å². The largest absolute Gasteiger partial charge is 0.484 e. The van der Waals surface area contributed by atoms with Gasteiger partial charge in [0, 0.05) is 13.1 Å². The van der Waals surface area contributed by atoms with Crippen molar-refractivity contribution in [2.75, 3.05) is 26.8 Å². The van der Waals surface area contributed by atoms with Crippen LogP contribution in [-0.4, -0.2) is 43.6 Å². The maximum atomic E-state index is 12.2. The first-order valence-electron chi connectivity index (χ1n) is 7.28. The summed E-state index contributed by atoms with van der Waals surface area (Å²) >= 11 is 0. The third-order valence-electron chi connectivity index (χ3n) is 3.18. The number of methoxy groups -OCH3 is 1. The van der Waals surface area contributed by atoms with E-state index in [4.69, 9.17) is 4.74 Å². The minimum absolute atomic E-state index is 0.0673. The fraction of sp³-hybridized carbons (Fsp3) is 0.412. The quantitative estimate of drug-likeness (QED) is 0.518. The molecule has 0 saturated carbocycles. The first-order chi connectivity index (χ1) is 10.6. The summed E-state index contributed by atoms with van der Waals surface area (Å²) in [6.45, 7) is 6.27. The van der Waals surface area contributed by atoms with Crippen LogP contribution in [-0.2, 0) is 20.7 Å². The van der Waals surface area contributed by atoms with Crippen LogP contribution in [0.5, 0.6) is 5.75 Å². The van der Waals surface area contributed by atoms with Crippen molar-refractivity contribution in [3.05, 3.63) is 42.5 Å². The van der Waals surface area contributed by atoms with Gasteiger partial charge in [-0.15, -0.1) is 6.58 Å². The minimum atomic E-state index is -0.349. The van der Waals surface area contributed by atoms with Gasteiger partial charge in [-0.1, -0.05) is 25.1 Å². The molecule has 0 N–H and O–H groups in total. The molecule has 0 atom stereocenters. The molecule has 5 nitrogen and oxygen atoms in total. The Bertz CT molecular complexity index is 513. The molecule has 1 rings (SSSR count). The smallest absolute Gasteiger partial charge is 0.307 e. The molecule has 0 fully saturated rings. The highest BCUT2D eigenvalue weighted by Gasteiger charge is 2.14. The van der Waals surface area contributed by atoms with Gasteiger partial charge in [-0.05, 0) is 24.1 Å². The van der Waals surface area contributed by atoms with E-state index in [1.807, 2.05) is 24.3 Å². The normalized spacial score (nSPS) is 9.91. The molecule has 0 unspecified atom stereocenters. The molecule has 5 heteroatoms. The van der Waals surface area contributed by atoms with E-state index in [1.54, 1.807) is 6.08 Å². The number of ether oxygens (including phenoxy) is 2. The summed E-state index contributed by atoms with van der Waals surface area (Å²) in [6, 6.07) is 7.64. The number of amides is 1. The molecule has 0 aliphatic rings. The molecule has 0 aliphatic carbocycles. The second kappa shape index (κ2) is 9.60. The van der Waals surface area contributed by atoms with Crippen LogP contribution in [0, 0.1) is 0 Å². The Hall–Kier alpha value is -2.30. The van der Waals surface area contributed by atoms with Crippen LogP contribution in [0.15, 0.2) is 36.9 Å². The van der Waals surface area contributed by atoms with Crippen molar-refractivity contribution < 1.29 is 19.1 Å². The van der Waals surface area contributed by atoms with Crippen LogP contribution in [0.3, 0.4) is 0 Å². The van der Waals surface area contributed by atoms with Gasteiger partial charge in [0.25, 0.3) is 5.91 Å². The molecule has 0 heterocycles. The van der Waals surface area contributed by atoms with E-state index in [0.717, 1.165) is 12.0 Å². The van der Waals surface area contributed by atoms with E-state index in [0.29, 0.717) is 12.3 Å². The van der Waals surface area contributed by atoms with Gasteiger partial charge in [0.05, 0.1) is 13.5 Å². The van der Waals surface area contributed by atoms with E-state index >= 15 is 0 Å². The number of carbonyl (C=O) groups is 2. The van der Waals surface area contributed by atoms with E-state index in [1.165, 1.54) is 12.0 Å². The molecule has 1 aromatic rings. The molecular formula is C17H23NO4. The number of hydrogen-bond acceptors (Lipinski definition) is 4.